The molecule has 1 aromatic carbocycles. The number of aryl methyl sites for hydroxylation is 1. The molecule has 2 aromatic rings. The summed E-state index contributed by atoms with van der Waals surface area (Å²) in [5, 5.41) is 1.35. The van der Waals surface area contributed by atoms with E-state index in [1.54, 1.807) is 0 Å². The second-order valence-corrected chi connectivity index (χ2v) is 6.09. The van der Waals surface area contributed by atoms with E-state index in [0.717, 1.165) is 3.38 Å². The number of hydrogen-bond donors (Lipinski definition) is 0. The molecule has 0 aliphatic rings. The molecule has 0 unspecified atom stereocenters. The summed E-state index contributed by atoms with van der Waals surface area (Å²) in [6, 6.07) is 10.7. The van der Waals surface area contributed by atoms with Gasteiger partial charge in [0.2, 0.25) is 0 Å². The molecule has 60 valence electrons. The Kier molecular flexibility index (Phi) is 2.14. The maximum absolute atomic E-state index is 5.16. The van der Waals surface area contributed by atoms with Crippen LogP contribution in [-0.2, 0) is 0 Å². The summed E-state index contributed by atoms with van der Waals surface area (Å²) in [7, 11) is 0. The Labute approximate surface area is 82.6 Å². The maximum atomic E-state index is 5.16. The molecule has 0 N–H and O–H groups in total. The van der Waals surface area contributed by atoms with Gasteiger partial charge >= 0.3 is 82.6 Å². The monoisotopic (exact) mass is 240 g/mol. The topological polar surface area (TPSA) is 0 Å². The van der Waals surface area contributed by atoms with Crippen LogP contribution < -0.4 is 0 Å². The molecule has 0 aliphatic heterocycles. The SMILES string of the molecule is Cc1ccc2[se]c(=S)ccc2c1. The van der Waals surface area contributed by atoms with Crippen LogP contribution in [0.5, 0.6) is 0 Å². The molecule has 0 saturated carbocycles. The average molecular weight is 239 g/mol. The molecule has 0 atom stereocenters. The van der Waals surface area contributed by atoms with Crippen molar-refractivity contribution in [3.05, 3.63) is 39.3 Å². The van der Waals surface area contributed by atoms with Crippen molar-refractivity contribution in [1.29, 1.82) is 0 Å². The molecule has 0 bridgehead atoms. The van der Waals surface area contributed by atoms with Crippen LogP contribution in [0.25, 0.3) is 9.65 Å². The second-order valence-electron chi connectivity index (χ2n) is 2.80. The summed E-state index contributed by atoms with van der Waals surface area (Å²) in [4.78, 5) is 0. The van der Waals surface area contributed by atoms with Crippen LogP contribution in [0.2, 0.25) is 0 Å². The van der Waals surface area contributed by atoms with Crippen LogP contribution in [0.3, 0.4) is 0 Å². The number of fused-ring (bicyclic) bond motifs is 1. The first-order chi connectivity index (χ1) is 5.75. The Hall–Kier alpha value is -0.431. The normalized spacial score (nSPS) is 10.4. The van der Waals surface area contributed by atoms with E-state index in [1.807, 2.05) is 0 Å². The predicted molar refractivity (Wildman–Crippen MR) is 56.5 cm³/mol. The standard InChI is InChI=1S/C10H8SSe/c1-7-2-4-9-8(6-7)3-5-10(11)12-9/h2-6H,1H3. The van der Waals surface area contributed by atoms with Crippen molar-refractivity contribution in [3.8, 4) is 0 Å². The van der Waals surface area contributed by atoms with E-state index in [-0.39, 0.29) is 0 Å². The minimum atomic E-state index is 0.382. The molecule has 1 aromatic heterocycles. The second kappa shape index (κ2) is 3.14. The Morgan fingerprint density at radius 2 is 2.00 bits per heavy atom. The molecule has 0 spiro atoms. The third-order valence-corrected chi connectivity index (χ3v) is 4.29. The predicted octanol–water partition coefficient (Wildman–Crippen LogP) is 2.93. The first-order valence-electron chi connectivity index (χ1n) is 3.76. The van der Waals surface area contributed by atoms with Gasteiger partial charge in [-0.15, -0.1) is 0 Å². The molecule has 0 nitrogen and oxygen atoms in total. The van der Waals surface area contributed by atoms with Crippen LogP contribution in [-0.4, -0.2) is 14.5 Å². The molecular formula is C10H8SSe. The van der Waals surface area contributed by atoms with E-state index >= 15 is 0 Å². The molecule has 2 rings (SSSR count). The summed E-state index contributed by atoms with van der Waals surface area (Å²) < 4.78 is 2.51. The molecule has 0 amide bonds. The van der Waals surface area contributed by atoms with Crippen molar-refractivity contribution in [2.45, 2.75) is 6.92 Å². The van der Waals surface area contributed by atoms with E-state index in [1.165, 1.54) is 15.2 Å². The first kappa shape index (κ1) is 8.18. The summed E-state index contributed by atoms with van der Waals surface area (Å²) in [5.74, 6) is 0. The number of rotatable bonds is 0. The van der Waals surface area contributed by atoms with E-state index < -0.39 is 0 Å². The quantitative estimate of drug-likeness (QED) is 0.503. The third-order valence-electron chi connectivity index (χ3n) is 1.77. The fraction of sp³-hybridized carbons (Fsp3) is 0.100. The van der Waals surface area contributed by atoms with Crippen LogP contribution in [0.4, 0.5) is 0 Å². The molecule has 0 saturated heterocycles. The number of benzene rings is 1. The van der Waals surface area contributed by atoms with E-state index in [4.69, 9.17) is 12.2 Å². The zero-order valence-corrected chi connectivity index (χ0v) is 9.23. The van der Waals surface area contributed by atoms with Gasteiger partial charge in [-0.1, -0.05) is 0 Å². The molecule has 0 radical (unpaired) electrons. The number of hydrogen-bond acceptors (Lipinski definition) is 1. The van der Waals surface area contributed by atoms with Gasteiger partial charge in [0, 0.05) is 0 Å². The van der Waals surface area contributed by atoms with Gasteiger partial charge in [0.25, 0.3) is 0 Å². The summed E-state index contributed by atoms with van der Waals surface area (Å²) in [6.45, 7) is 2.12. The molecule has 2 heteroatoms. The Morgan fingerprint density at radius 3 is 2.83 bits per heavy atom. The fourth-order valence-electron chi connectivity index (χ4n) is 1.19. The molecule has 0 aliphatic carbocycles. The minimum absolute atomic E-state index is 0.382. The van der Waals surface area contributed by atoms with Crippen LogP contribution in [0.15, 0.2) is 30.3 Å². The van der Waals surface area contributed by atoms with Gasteiger partial charge in [-0.2, -0.15) is 0 Å². The van der Waals surface area contributed by atoms with Crippen LogP contribution in [0.1, 0.15) is 5.56 Å². The van der Waals surface area contributed by atoms with E-state index in [9.17, 15) is 0 Å². The van der Waals surface area contributed by atoms with E-state index in [2.05, 4.69) is 37.3 Å². The molecule has 0 fully saturated rings. The fourth-order valence-corrected chi connectivity index (χ4v) is 3.27. The first-order valence-corrected chi connectivity index (χ1v) is 5.88. The summed E-state index contributed by atoms with van der Waals surface area (Å²) in [6.07, 6.45) is 0. The Bertz CT molecular complexity index is 470. The van der Waals surface area contributed by atoms with E-state index in [0.29, 0.717) is 14.5 Å². The molecule has 1 heterocycles. The van der Waals surface area contributed by atoms with Crippen molar-refractivity contribution in [1.82, 2.24) is 0 Å². The van der Waals surface area contributed by atoms with Gasteiger partial charge in [-0.05, 0) is 0 Å². The van der Waals surface area contributed by atoms with Gasteiger partial charge in [0.1, 0.15) is 0 Å². The van der Waals surface area contributed by atoms with Gasteiger partial charge in [-0.25, -0.2) is 0 Å². The Morgan fingerprint density at radius 1 is 1.17 bits per heavy atom. The van der Waals surface area contributed by atoms with Crippen molar-refractivity contribution >= 4 is 36.4 Å². The van der Waals surface area contributed by atoms with Crippen molar-refractivity contribution < 1.29 is 0 Å². The molecular weight excluding hydrogens is 231 g/mol. The van der Waals surface area contributed by atoms with Crippen molar-refractivity contribution in [2.75, 3.05) is 0 Å². The van der Waals surface area contributed by atoms with Crippen LogP contribution in [0, 0.1) is 10.3 Å². The Balaban J connectivity index is 2.87. The van der Waals surface area contributed by atoms with Gasteiger partial charge < -0.3 is 0 Å². The van der Waals surface area contributed by atoms with Crippen molar-refractivity contribution in [3.63, 3.8) is 0 Å². The van der Waals surface area contributed by atoms with Gasteiger partial charge in [0.05, 0.1) is 0 Å². The third kappa shape index (κ3) is 1.51. The zero-order valence-electron chi connectivity index (χ0n) is 6.70. The van der Waals surface area contributed by atoms with Gasteiger partial charge in [-0.3, -0.25) is 0 Å². The summed E-state index contributed by atoms with van der Waals surface area (Å²) >= 11 is 5.54. The van der Waals surface area contributed by atoms with Gasteiger partial charge in [0.15, 0.2) is 0 Å². The molecule has 12 heavy (non-hydrogen) atoms. The zero-order chi connectivity index (χ0) is 8.55. The van der Waals surface area contributed by atoms with Crippen molar-refractivity contribution in [2.24, 2.45) is 0 Å². The summed E-state index contributed by atoms with van der Waals surface area (Å²) in [5.41, 5.74) is 1.32. The average Bonchev–Trinajstić information content (AvgIpc) is 2.05. The van der Waals surface area contributed by atoms with Crippen LogP contribution >= 0.6 is 12.2 Å².